The second-order valence-electron chi connectivity index (χ2n) is 6.04. The molecule has 2 atom stereocenters. The number of carbonyl (C=O) groups excluding carboxylic acids is 1. The largest absolute Gasteiger partial charge is 0.298 e. The van der Waals surface area contributed by atoms with Crippen LogP contribution in [0.25, 0.3) is 12.2 Å². The molecule has 4 rings (SSSR count). The molecule has 0 aromatic heterocycles. The molecular formula is C21H18O. The lowest BCUT2D eigenvalue weighted by Gasteiger charge is -2.27. The van der Waals surface area contributed by atoms with E-state index in [9.17, 15) is 4.79 Å². The Balaban J connectivity index is 1.72. The smallest absolute Gasteiger partial charge is 0.148 e. The summed E-state index contributed by atoms with van der Waals surface area (Å²) >= 11 is 0. The fraction of sp³-hybridized carbons (Fsp3) is 0.190. The number of rotatable bonds is 2. The first kappa shape index (κ1) is 13.3. The summed E-state index contributed by atoms with van der Waals surface area (Å²) in [5.41, 5.74) is 4.74. The van der Waals surface area contributed by atoms with Gasteiger partial charge in [0.05, 0.1) is 0 Å². The Kier molecular flexibility index (Phi) is 3.27. The lowest BCUT2D eigenvalue weighted by molar-refractivity contribution is -0.121. The Morgan fingerprint density at radius 1 is 0.727 bits per heavy atom. The van der Waals surface area contributed by atoms with Gasteiger partial charge in [-0.15, -0.1) is 0 Å². The summed E-state index contributed by atoms with van der Waals surface area (Å²) in [6, 6.07) is 16.5. The van der Waals surface area contributed by atoms with Crippen LogP contribution in [0.3, 0.4) is 0 Å². The first-order valence-electron chi connectivity index (χ1n) is 7.89. The third-order valence-electron chi connectivity index (χ3n) is 4.77. The summed E-state index contributed by atoms with van der Waals surface area (Å²) in [5.74, 6) is 0.338. The summed E-state index contributed by atoms with van der Waals surface area (Å²) in [6.45, 7) is 0. The van der Waals surface area contributed by atoms with Gasteiger partial charge in [0.15, 0.2) is 0 Å². The van der Waals surface area contributed by atoms with Crippen LogP contribution in [-0.4, -0.2) is 5.78 Å². The van der Waals surface area contributed by atoms with Gasteiger partial charge in [-0.1, -0.05) is 72.8 Å². The Hall–Kier alpha value is -2.41. The average molecular weight is 286 g/mol. The minimum absolute atomic E-state index is 0.00856. The lowest BCUT2D eigenvalue weighted by Crippen LogP contribution is -2.23. The molecule has 0 saturated heterocycles. The highest BCUT2D eigenvalue weighted by atomic mass is 16.1. The van der Waals surface area contributed by atoms with Crippen LogP contribution in [0.4, 0.5) is 0 Å². The highest BCUT2D eigenvalue weighted by Gasteiger charge is 2.32. The van der Waals surface area contributed by atoms with Gasteiger partial charge < -0.3 is 0 Å². The van der Waals surface area contributed by atoms with E-state index in [1.165, 1.54) is 22.3 Å². The molecule has 0 bridgehead atoms. The molecule has 2 aliphatic carbocycles. The SMILES string of the molecule is O=C(C1CC=Cc2ccccc21)C1CC=Cc2ccccc21. The van der Waals surface area contributed by atoms with E-state index in [4.69, 9.17) is 0 Å². The molecule has 2 aromatic carbocycles. The maximum Gasteiger partial charge on any atom is 0.148 e. The van der Waals surface area contributed by atoms with Crippen LogP contribution >= 0.6 is 0 Å². The number of carbonyl (C=O) groups is 1. The Labute approximate surface area is 131 Å². The summed E-state index contributed by atoms with van der Waals surface area (Å²) in [6.07, 6.45) is 10.2. The molecule has 0 spiro atoms. The summed E-state index contributed by atoms with van der Waals surface area (Å²) < 4.78 is 0. The molecule has 0 heterocycles. The van der Waals surface area contributed by atoms with Crippen molar-refractivity contribution >= 4 is 17.9 Å². The maximum absolute atomic E-state index is 13.2. The van der Waals surface area contributed by atoms with E-state index in [-0.39, 0.29) is 11.8 Å². The van der Waals surface area contributed by atoms with Crippen LogP contribution in [0.2, 0.25) is 0 Å². The van der Waals surface area contributed by atoms with Gasteiger partial charge in [0.2, 0.25) is 0 Å². The quantitative estimate of drug-likeness (QED) is 0.763. The molecular weight excluding hydrogens is 268 g/mol. The molecule has 108 valence electrons. The molecule has 22 heavy (non-hydrogen) atoms. The van der Waals surface area contributed by atoms with Crippen LogP contribution < -0.4 is 0 Å². The third-order valence-corrected chi connectivity index (χ3v) is 4.77. The van der Waals surface area contributed by atoms with Crippen LogP contribution in [0.1, 0.15) is 46.9 Å². The topological polar surface area (TPSA) is 17.1 Å². The summed E-state index contributed by atoms with van der Waals surface area (Å²) in [4.78, 5) is 13.2. The van der Waals surface area contributed by atoms with Crippen LogP contribution in [0, 0.1) is 0 Å². The normalized spacial score (nSPS) is 22.0. The number of allylic oxidation sites excluding steroid dienone is 2. The van der Waals surface area contributed by atoms with E-state index in [2.05, 4.69) is 48.6 Å². The molecule has 0 N–H and O–H groups in total. The van der Waals surface area contributed by atoms with Crippen molar-refractivity contribution in [2.24, 2.45) is 0 Å². The molecule has 0 aliphatic heterocycles. The lowest BCUT2D eigenvalue weighted by atomic mass is 9.75. The highest BCUT2D eigenvalue weighted by Crippen LogP contribution is 2.38. The van der Waals surface area contributed by atoms with E-state index < -0.39 is 0 Å². The first-order valence-corrected chi connectivity index (χ1v) is 7.89. The Morgan fingerprint density at radius 2 is 1.18 bits per heavy atom. The molecule has 0 amide bonds. The number of benzene rings is 2. The fourth-order valence-corrected chi connectivity index (χ4v) is 3.66. The number of fused-ring (bicyclic) bond motifs is 2. The van der Waals surface area contributed by atoms with Gasteiger partial charge in [-0.3, -0.25) is 4.79 Å². The van der Waals surface area contributed by atoms with Crippen molar-refractivity contribution in [1.82, 2.24) is 0 Å². The first-order chi connectivity index (χ1) is 10.8. The Morgan fingerprint density at radius 3 is 1.68 bits per heavy atom. The standard InChI is InChI=1S/C21H18O/c22-21(19-13-5-9-15-7-1-3-11-17(15)19)20-14-6-10-16-8-2-4-12-18(16)20/h1-12,19-20H,13-14H2. The zero-order valence-corrected chi connectivity index (χ0v) is 12.4. The van der Waals surface area contributed by atoms with E-state index >= 15 is 0 Å². The highest BCUT2D eigenvalue weighted by molar-refractivity contribution is 5.95. The summed E-state index contributed by atoms with van der Waals surface area (Å²) in [5, 5.41) is 0. The fourth-order valence-electron chi connectivity index (χ4n) is 3.66. The van der Waals surface area contributed by atoms with E-state index in [0.717, 1.165) is 12.8 Å². The molecule has 0 fully saturated rings. The zero-order valence-electron chi connectivity index (χ0n) is 12.4. The molecule has 2 aromatic rings. The van der Waals surface area contributed by atoms with Crippen molar-refractivity contribution in [3.8, 4) is 0 Å². The van der Waals surface area contributed by atoms with Crippen molar-refractivity contribution in [3.05, 3.63) is 82.9 Å². The molecule has 1 nitrogen and oxygen atoms in total. The number of Topliss-reactive ketones (excluding diaryl/α,β-unsaturated/α-hetero) is 1. The van der Waals surface area contributed by atoms with Crippen LogP contribution in [-0.2, 0) is 4.79 Å². The second-order valence-corrected chi connectivity index (χ2v) is 6.04. The zero-order chi connectivity index (χ0) is 14.9. The van der Waals surface area contributed by atoms with Crippen LogP contribution in [0.5, 0.6) is 0 Å². The van der Waals surface area contributed by atoms with Gasteiger partial charge in [-0.25, -0.2) is 0 Å². The van der Waals surface area contributed by atoms with Crippen molar-refractivity contribution < 1.29 is 4.79 Å². The number of ketones is 1. The third kappa shape index (κ3) is 2.14. The molecule has 2 unspecified atom stereocenters. The predicted molar refractivity (Wildman–Crippen MR) is 90.7 cm³/mol. The van der Waals surface area contributed by atoms with E-state index in [1.807, 2.05) is 24.3 Å². The average Bonchev–Trinajstić information content (AvgIpc) is 2.60. The maximum atomic E-state index is 13.2. The van der Waals surface area contributed by atoms with Gasteiger partial charge in [0.25, 0.3) is 0 Å². The van der Waals surface area contributed by atoms with Gasteiger partial charge in [-0.2, -0.15) is 0 Å². The van der Waals surface area contributed by atoms with Crippen LogP contribution in [0.15, 0.2) is 60.7 Å². The van der Waals surface area contributed by atoms with E-state index in [1.54, 1.807) is 0 Å². The number of hydrogen-bond donors (Lipinski definition) is 0. The predicted octanol–water partition coefficient (Wildman–Crippen LogP) is 4.96. The molecule has 0 saturated carbocycles. The molecule has 1 heteroatoms. The minimum Gasteiger partial charge on any atom is -0.298 e. The van der Waals surface area contributed by atoms with Gasteiger partial charge in [0, 0.05) is 11.8 Å². The van der Waals surface area contributed by atoms with Crippen molar-refractivity contribution in [2.45, 2.75) is 24.7 Å². The van der Waals surface area contributed by atoms with Gasteiger partial charge in [0.1, 0.15) is 5.78 Å². The number of hydrogen-bond acceptors (Lipinski definition) is 1. The molecule has 2 aliphatic rings. The van der Waals surface area contributed by atoms with Gasteiger partial charge in [-0.05, 0) is 35.1 Å². The monoisotopic (exact) mass is 286 g/mol. The van der Waals surface area contributed by atoms with Crippen molar-refractivity contribution in [2.75, 3.05) is 0 Å². The van der Waals surface area contributed by atoms with E-state index in [0.29, 0.717) is 5.78 Å². The Bertz CT molecular complexity index is 716. The molecule has 0 radical (unpaired) electrons. The summed E-state index contributed by atoms with van der Waals surface area (Å²) in [7, 11) is 0. The van der Waals surface area contributed by atoms with Gasteiger partial charge >= 0.3 is 0 Å². The minimum atomic E-state index is -0.00856. The van der Waals surface area contributed by atoms with Crippen molar-refractivity contribution in [3.63, 3.8) is 0 Å². The van der Waals surface area contributed by atoms with Crippen molar-refractivity contribution in [1.29, 1.82) is 0 Å². The second kappa shape index (κ2) is 5.42.